The number of anilines is 2. The summed E-state index contributed by atoms with van der Waals surface area (Å²) >= 11 is 0. The Morgan fingerprint density at radius 1 is 1.05 bits per heavy atom. The van der Waals surface area contributed by atoms with Gasteiger partial charge in [0.1, 0.15) is 5.82 Å². The molecular weight excluding hydrogens is 540 g/mol. The Morgan fingerprint density at radius 3 is 2.47 bits per heavy atom. The highest BCUT2D eigenvalue weighted by Gasteiger charge is 2.18. The van der Waals surface area contributed by atoms with Crippen LogP contribution in [0.15, 0.2) is 47.4 Å². The molecule has 0 aliphatic carbocycles. The number of nitrogens with zero attached hydrogens (tertiary/aromatic N) is 3. The van der Waals surface area contributed by atoms with E-state index in [1.54, 1.807) is 0 Å². The van der Waals surface area contributed by atoms with Crippen molar-refractivity contribution >= 4 is 17.4 Å². The van der Waals surface area contributed by atoms with Crippen molar-refractivity contribution in [2.45, 2.75) is 66.0 Å². The lowest BCUT2D eigenvalue weighted by Crippen LogP contribution is -2.44. The molecule has 0 unspecified atom stereocenters. The van der Waals surface area contributed by atoms with Crippen molar-refractivity contribution in [1.82, 2.24) is 20.2 Å². The van der Waals surface area contributed by atoms with Crippen molar-refractivity contribution < 1.29 is 9.53 Å². The van der Waals surface area contributed by atoms with E-state index in [1.165, 1.54) is 0 Å². The minimum atomic E-state index is -0.216. The molecule has 0 saturated carbocycles. The molecule has 232 valence electrons. The summed E-state index contributed by atoms with van der Waals surface area (Å²) in [5, 5.41) is 6.63. The molecule has 2 saturated heterocycles. The van der Waals surface area contributed by atoms with Gasteiger partial charge in [0.2, 0.25) is 0 Å². The molecule has 2 fully saturated rings. The molecule has 3 aromatic rings. The Kier molecular flexibility index (Phi) is 11.8. The second kappa shape index (κ2) is 15.7. The molecule has 2 aliphatic heterocycles. The Bertz CT molecular complexity index is 1390. The first-order chi connectivity index (χ1) is 20.9. The summed E-state index contributed by atoms with van der Waals surface area (Å²) in [5.41, 5.74) is 5.59. The zero-order chi connectivity index (χ0) is 30.8. The first-order valence-electron chi connectivity index (χ1n) is 15.8. The average molecular weight is 589 g/mol. The SMILES string of the molecule is CC.CCCc1cc(C)[nH]c(=O)c1CNC(=O)c1cc(NC2CCOCC2)cc(-c2ccc(N3CCN(C)CC3)nc2)c1. The van der Waals surface area contributed by atoms with Gasteiger partial charge in [-0.1, -0.05) is 27.2 Å². The molecule has 0 radical (unpaired) electrons. The van der Waals surface area contributed by atoms with Crippen molar-refractivity contribution in [3.05, 3.63) is 75.3 Å². The van der Waals surface area contributed by atoms with Gasteiger partial charge >= 0.3 is 0 Å². The Balaban J connectivity index is 0.00000207. The van der Waals surface area contributed by atoms with Crippen LogP contribution in [0.25, 0.3) is 11.1 Å². The molecule has 9 nitrogen and oxygen atoms in total. The summed E-state index contributed by atoms with van der Waals surface area (Å²) in [6.45, 7) is 13.6. The fourth-order valence-corrected chi connectivity index (χ4v) is 5.61. The van der Waals surface area contributed by atoms with Crippen LogP contribution in [0.2, 0.25) is 0 Å². The maximum absolute atomic E-state index is 13.5. The van der Waals surface area contributed by atoms with Gasteiger partial charge in [-0.15, -0.1) is 0 Å². The number of amides is 1. The van der Waals surface area contributed by atoms with E-state index in [0.717, 1.165) is 99.0 Å². The Labute approximate surface area is 256 Å². The highest BCUT2D eigenvalue weighted by molar-refractivity contribution is 5.96. The number of rotatable bonds is 9. The topological polar surface area (TPSA) is 103 Å². The number of hydrogen-bond acceptors (Lipinski definition) is 7. The number of benzene rings is 1. The van der Waals surface area contributed by atoms with Crippen molar-refractivity contribution in [3.63, 3.8) is 0 Å². The Hall–Kier alpha value is -3.69. The van der Waals surface area contributed by atoms with Crippen molar-refractivity contribution in [1.29, 1.82) is 0 Å². The smallest absolute Gasteiger partial charge is 0.253 e. The van der Waals surface area contributed by atoms with Crippen molar-refractivity contribution in [2.24, 2.45) is 0 Å². The number of aryl methyl sites for hydroxylation is 2. The number of H-pyrrole nitrogens is 1. The van der Waals surface area contributed by atoms with Crippen LogP contribution in [0.5, 0.6) is 0 Å². The molecule has 2 aromatic heterocycles. The van der Waals surface area contributed by atoms with E-state index in [9.17, 15) is 9.59 Å². The fraction of sp³-hybridized carbons (Fsp3) is 0.500. The van der Waals surface area contributed by atoms with E-state index >= 15 is 0 Å². The maximum Gasteiger partial charge on any atom is 0.253 e. The average Bonchev–Trinajstić information content (AvgIpc) is 3.02. The summed E-state index contributed by atoms with van der Waals surface area (Å²) < 4.78 is 5.53. The van der Waals surface area contributed by atoms with Gasteiger partial charge < -0.3 is 30.2 Å². The predicted molar refractivity (Wildman–Crippen MR) is 175 cm³/mol. The minimum absolute atomic E-state index is 0.143. The van der Waals surface area contributed by atoms with E-state index in [-0.39, 0.29) is 24.1 Å². The van der Waals surface area contributed by atoms with Gasteiger partial charge in [-0.2, -0.15) is 0 Å². The summed E-state index contributed by atoms with van der Waals surface area (Å²) in [7, 11) is 2.14. The van der Waals surface area contributed by atoms with Crippen molar-refractivity contribution in [3.8, 4) is 11.1 Å². The first-order valence-corrected chi connectivity index (χ1v) is 15.8. The number of nitrogens with one attached hydrogen (secondary N) is 3. The first kappa shape index (κ1) is 32.2. The third-order valence-electron chi connectivity index (χ3n) is 8.00. The number of carbonyl (C=O) groups is 1. The molecule has 1 amide bonds. The molecule has 2 aliphatic rings. The minimum Gasteiger partial charge on any atom is -0.382 e. The number of carbonyl (C=O) groups excluding carboxylic acids is 1. The number of pyridine rings is 2. The zero-order valence-electron chi connectivity index (χ0n) is 26.5. The molecule has 43 heavy (non-hydrogen) atoms. The summed E-state index contributed by atoms with van der Waals surface area (Å²) in [6, 6.07) is 12.3. The number of aromatic amines is 1. The lowest BCUT2D eigenvalue weighted by molar-refractivity contribution is 0.0904. The monoisotopic (exact) mass is 588 g/mol. The number of aromatic nitrogens is 2. The van der Waals surface area contributed by atoms with Crippen LogP contribution in [-0.4, -0.2) is 73.3 Å². The van der Waals surface area contributed by atoms with Crippen LogP contribution in [0.4, 0.5) is 11.5 Å². The number of likely N-dealkylation sites (N-methyl/N-ethyl adjacent to an activating group) is 1. The van der Waals surface area contributed by atoms with Crippen LogP contribution < -0.4 is 21.1 Å². The molecule has 0 atom stereocenters. The highest BCUT2D eigenvalue weighted by atomic mass is 16.5. The van der Waals surface area contributed by atoms with Gasteiger partial charge in [0.15, 0.2) is 0 Å². The molecule has 0 spiro atoms. The van der Waals surface area contributed by atoms with Crippen LogP contribution >= 0.6 is 0 Å². The largest absolute Gasteiger partial charge is 0.382 e. The molecule has 1 aromatic carbocycles. The van der Waals surface area contributed by atoms with E-state index in [2.05, 4.69) is 57.6 Å². The lowest BCUT2D eigenvalue weighted by Gasteiger charge is -2.33. The second-order valence-electron chi connectivity index (χ2n) is 11.2. The van der Waals surface area contributed by atoms with Gasteiger partial charge in [-0.3, -0.25) is 9.59 Å². The number of piperazine rings is 1. The summed E-state index contributed by atoms with van der Waals surface area (Å²) in [5.74, 6) is 0.758. The van der Waals surface area contributed by atoms with Gasteiger partial charge in [-0.25, -0.2) is 4.98 Å². The van der Waals surface area contributed by atoms with Gasteiger partial charge in [0.05, 0.1) is 0 Å². The van der Waals surface area contributed by atoms with Gasteiger partial charge in [0, 0.05) is 86.2 Å². The van der Waals surface area contributed by atoms with Crippen LogP contribution in [0.3, 0.4) is 0 Å². The van der Waals surface area contributed by atoms with E-state index in [1.807, 2.05) is 45.2 Å². The standard InChI is InChI=1S/C32H42N6O3.C2H6/c1-4-5-23-16-22(2)35-32(40)29(23)21-34-31(39)26-17-25(18-28(19-26)36-27-8-14-41-15-9-27)24-6-7-30(33-20-24)38-12-10-37(3)11-13-38;1-2/h6-7,16-20,27,36H,4-5,8-15,21H2,1-3H3,(H,34,39)(H,35,40);1-2H3. The summed E-state index contributed by atoms with van der Waals surface area (Å²) in [4.78, 5) is 38.5. The third-order valence-corrected chi connectivity index (χ3v) is 8.00. The Morgan fingerprint density at radius 2 is 1.79 bits per heavy atom. The maximum atomic E-state index is 13.5. The molecule has 9 heteroatoms. The van der Waals surface area contributed by atoms with Gasteiger partial charge in [0.25, 0.3) is 11.5 Å². The quantitative estimate of drug-likeness (QED) is 0.323. The lowest BCUT2D eigenvalue weighted by atomic mass is 10.0. The highest BCUT2D eigenvalue weighted by Crippen LogP contribution is 2.28. The van der Waals surface area contributed by atoms with Crippen LogP contribution in [0, 0.1) is 6.92 Å². The molecular formula is C34H48N6O3. The molecule has 3 N–H and O–H groups in total. The van der Waals surface area contributed by atoms with E-state index < -0.39 is 0 Å². The van der Waals surface area contributed by atoms with Gasteiger partial charge in [-0.05, 0) is 80.8 Å². The predicted octanol–water partition coefficient (Wildman–Crippen LogP) is 5.00. The summed E-state index contributed by atoms with van der Waals surface area (Å²) in [6.07, 6.45) is 5.45. The van der Waals surface area contributed by atoms with Crippen molar-refractivity contribution in [2.75, 3.05) is 56.7 Å². The fourth-order valence-electron chi connectivity index (χ4n) is 5.61. The van der Waals surface area contributed by atoms with E-state index in [4.69, 9.17) is 9.72 Å². The molecule has 4 heterocycles. The van der Waals surface area contributed by atoms with Crippen LogP contribution in [0.1, 0.15) is 67.2 Å². The second-order valence-corrected chi connectivity index (χ2v) is 11.2. The number of ether oxygens (including phenoxy) is 1. The third kappa shape index (κ3) is 8.67. The van der Waals surface area contributed by atoms with Crippen LogP contribution in [-0.2, 0) is 17.7 Å². The molecule has 5 rings (SSSR count). The number of hydrogen-bond donors (Lipinski definition) is 3. The normalized spacial score (nSPS) is 15.9. The zero-order valence-corrected chi connectivity index (χ0v) is 26.5. The molecule has 0 bridgehead atoms. The van der Waals surface area contributed by atoms with E-state index in [0.29, 0.717) is 11.1 Å².